The smallest absolute Gasteiger partial charge is 0.272 e. The van der Waals surface area contributed by atoms with Crippen molar-refractivity contribution >= 4 is 5.69 Å². The molecule has 0 aromatic heterocycles. The van der Waals surface area contributed by atoms with E-state index in [1.165, 1.54) is 0 Å². The third kappa shape index (κ3) is 2.14. The maximum absolute atomic E-state index is 10.9. The first-order valence-corrected chi connectivity index (χ1v) is 6.66. The van der Waals surface area contributed by atoms with E-state index < -0.39 is 0 Å². The standard InChI is InChI=1S/C15H22N2O2/c1-10-11(7-6-8-12(10)17(18)19)9-16-13-14(2,3)15(13,4)5/h6-8,13,16H,9H2,1-5H3. The Morgan fingerprint density at radius 3 is 2.32 bits per heavy atom. The minimum atomic E-state index is -0.316. The number of nitrogens with one attached hydrogen (secondary N) is 1. The molecular formula is C15H22N2O2. The van der Waals surface area contributed by atoms with Crippen molar-refractivity contribution < 1.29 is 4.92 Å². The van der Waals surface area contributed by atoms with Gasteiger partial charge in [0.15, 0.2) is 0 Å². The summed E-state index contributed by atoms with van der Waals surface area (Å²) < 4.78 is 0. The molecule has 1 aromatic rings. The molecule has 1 aliphatic rings. The van der Waals surface area contributed by atoms with Gasteiger partial charge in [0.25, 0.3) is 5.69 Å². The van der Waals surface area contributed by atoms with Crippen LogP contribution in [0.1, 0.15) is 38.8 Å². The minimum absolute atomic E-state index is 0.202. The summed E-state index contributed by atoms with van der Waals surface area (Å²) in [4.78, 5) is 10.6. The van der Waals surface area contributed by atoms with Gasteiger partial charge in [0, 0.05) is 24.2 Å². The van der Waals surface area contributed by atoms with Crippen LogP contribution in [0.5, 0.6) is 0 Å². The lowest BCUT2D eigenvalue weighted by Crippen LogP contribution is -2.22. The predicted molar refractivity (Wildman–Crippen MR) is 76.0 cm³/mol. The zero-order chi connectivity index (χ0) is 14.4. The van der Waals surface area contributed by atoms with Crippen molar-refractivity contribution in [3.8, 4) is 0 Å². The summed E-state index contributed by atoms with van der Waals surface area (Å²) in [5.41, 5.74) is 2.53. The van der Waals surface area contributed by atoms with Crippen LogP contribution in [0.15, 0.2) is 18.2 Å². The molecule has 104 valence electrons. The number of hydrogen-bond acceptors (Lipinski definition) is 3. The van der Waals surface area contributed by atoms with Gasteiger partial charge in [-0.15, -0.1) is 0 Å². The Bertz CT molecular complexity index is 507. The number of nitro groups is 1. The van der Waals surface area contributed by atoms with Crippen molar-refractivity contribution in [1.82, 2.24) is 5.32 Å². The molecule has 0 heterocycles. The summed E-state index contributed by atoms with van der Waals surface area (Å²) in [6.07, 6.45) is 0. The van der Waals surface area contributed by atoms with Crippen molar-refractivity contribution in [2.75, 3.05) is 0 Å². The van der Waals surface area contributed by atoms with Gasteiger partial charge < -0.3 is 5.32 Å². The topological polar surface area (TPSA) is 55.2 Å². The van der Waals surface area contributed by atoms with Crippen molar-refractivity contribution in [2.45, 2.75) is 47.2 Å². The number of nitro benzene ring substituents is 1. The van der Waals surface area contributed by atoms with Crippen LogP contribution >= 0.6 is 0 Å². The van der Waals surface area contributed by atoms with Crippen LogP contribution in [-0.2, 0) is 6.54 Å². The highest BCUT2D eigenvalue weighted by atomic mass is 16.6. The third-order valence-electron chi connectivity index (χ3n) is 5.13. The van der Waals surface area contributed by atoms with Gasteiger partial charge in [-0.05, 0) is 23.3 Å². The molecule has 2 rings (SSSR count). The SMILES string of the molecule is Cc1c(CNC2C(C)(C)C2(C)C)cccc1[N+](=O)[O-]. The number of hydrogen-bond donors (Lipinski definition) is 1. The first-order valence-electron chi connectivity index (χ1n) is 6.66. The summed E-state index contributed by atoms with van der Waals surface area (Å²) in [5.74, 6) is 0. The van der Waals surface area contributed by atoms with E-state index in [0.29, 0.717) is 12.6 Å². The van der Waals surface area contributed by atoms with E-state index in [1.54, 1.807) is 12.1 Å². The molecule has 1 aromatic carbocycles. The normalized spacial score (nSPS) is 20.3. The van der Waals surface area contributed by atoms with Crippen LogP contribution < -0.4 is 5.32 Å². The van der Waals surface area contributed by atoms with Crippen LogP contribution in [0, 0.1) is 27.9 Å². The molecule has 1 N–H and O–H groups in total. The van der Waals surface area contributed by atoms with E-state index in [1.807, 2.05) is 13.0 Å². The zero-order valence-electron chi connectivity index (χ0n) is 12.3. The van der Waals surface area contributed by atoms with Gasteiger partial charge in [0.05, 0.1) is 4.92 Å². The lowest BCUT2D eigenvalue weighted by atomic mass is 10.0. The Morgan fingerprint density at radius 1 is 1.26 bits per heavy atom. The molecule has 0 bridgehead atoms. The summed E-state index contributed by atoms with van der Waals surface area (Å²) in [6, 6.07) is 5.73. The quantitative estimate of drug-likeness (QED) is 0.668. The first-order chi connectivity index (χ1) is 8.69. The molecule has 1 aliphatic carbocycles. The van der Waals surface area contributed by atoms with Crippen molar-refractivity contribution in [2.24, 2.45) is 10.8 Å². The van der Waals surface area contributed by atoms with Gasteiger partial charge in [-0.1, -0.05) is 39.8 Å². The maximum atomic E-state index is 10.9. The molecule has 1 saturated carbocycles. The van der Waals surface area contributed by atoms with Crippen LogP contribution in [0.4, 0.5) is 5.69 Å². The predicted octanol–water partition coefficient (Wildman–Crippen LogP) is 3.43. The van der Waals surface area contributed by atoms with Crippen molar-refractivity contribution in [3.63, 3.8) is 0 Å². The summed E-state index contributed by atoms with van der Waals surface area (Å²) in [6.45, 7) is 11.5. The second-order valence-corrected chi connectivity index (χ2v) is 6.58. The largest absolute Gasteiger partial charge is 0.309 e. The molecule has 0 aliphatic heterocycles. The average molecular weight is 262 g/mol. The highest BCUT2D eigenvalue weighted by Crippen LogP contribution is 2.62. The van der Waals surface area contributed by atoms with E-state index in [4.69, 9.17) is 0 Å². The molecule has 4 heteroatoms. The van der Waals surface area contributed by atoms with E-state index in [-0.39, 0.29) is 21.4 Å². The fourth-order valence-electron chi connectivity index (χ4n) is 2.98. The first kappa shape index (κ1) is 14.0. The molecule has 0 spiro atoms. The van der Waals surface area contributed by atoms with Crippen LogP contribution in [0.3, 0.4) is 0 Å². The lowest BCUT2D eigenvalue weighted by molar-refractivity contribution is -0.385. The molecule has 0 radical (unpaired) electrons. The molecule has 4 nitrogen and oxygen atoms in total. The van der Waals surface area contributed by atoms with Gasteiger partial charge in [0.1, 0.15) is 0 Å². The van der Waals surface area contributed by atoms with Crippen molar-refractivity contribution in [1.29, 1.82) is 0 Å². The minimum Gasteiger partial charge on any atom is -0.309 e. The molecular weight excluding hydrogens is 240 g/mol. The molecule has 1 fully saturated rings. The van der Waals surface area contributed by atoms with E-state index >= 15 is 0 Å². The zero-order valence-corrected chi connectivity index (χ0v) is 12.3. The fraction of sp³-hybridized carbons (Fsp3) is 0.600. The molecule has 0 saturated heterocycles. The number of nitrogens with zero attached hydrogens (tertiary/aromatic N) is 1. The molecule has 19 heavy (non-hydrogen) atoms. The Kier molecular flexibility index (Phi) is 3.17. The summed E-state index contributed by atoms with van der Waals surface area (Å²) in [7, 11) is 0. The Balaban J connectivity index is 2.10. The fourth-order valence-corrected chi connectivity index (χ4v) is 2.98. The summed E-state index contributed by atoms with van der Waals surface area (Å²) >= 11 is 0. The second-order valence-electron chi connectivity index (χ2n) is 6.58. The van der Waals surface area contributed by atoms with E-state index in [0.717, 1.165) is 11.1 Å². The van der Waals surface area contributed by atoms with Crippen molar-refractivity contribution in [3.05, 3.63) is 39.4 Å². The third-order valence-corrected chi connectivity index (χ3v) is 5.13. The second kappa shape index (κ2) is 4.30. The highest BCUT2D eigenvalue weighted by molar-refractivity contribution is 5.44. The average Bonchev–Trinajstić information content (AvgIpc) is 2.68. The highest BCUT2D eigenvalue weighted by Gasteiger charge is 2.64. The Hall–Kier alpha value is -1.42. The molecule has 0 unspecified atom stereocenters. The monoisotopic (exact) mass is 262 g/mol. The summed E-state index contributed by atoms with van der Waals surface area (Å²) in [5, 5.41) is 14.5. The van der Waals surface area contributed by atoms with E-state index in [9.17, 15) is 10.1 Å². The number of benzene rings is 1. The van der Waals surface area contributed by atoms with Gasteiger partial charge in [-0.25, -0.2) is 0 Å². The van der Waals surface area contributed by atoms with E-state index in [2.05, 4.69) is 33.0 Å². The maximum Gasteiger partial charge on any atom is 0.272 e. The van der Waals surface area contributed by atoms with Gasteiger partial charge >= 0.3 is 0 Å². The molecule has 0 amide bonds. The number of rotatable bonds is 4. The van der Waals surface area contributed by atoms with Crippen LogP contribution in [-0.4, -0.2) is 11.0 Å². The van der Waals surface area contributed by atoms with Gasteiger partial charge in [-0.3, -0.25) is 10.1 Å². The molecule has 0 atom stereocenters. The van der Waals surface area contributed by atoms with Gasteiger partial charge in [0.2, 0.25) is 0 Å². The Morgan fingerprint density at radius 2 is 1.84 bits per heavy atom. The van der Waals surface area contributed by atoms with Crippen LogP contribution in [0.2, 0.25) is 0 Å². The Labute approximate surface area is 114 Å². The lowest BCUT2D eigenvalue weighted by Gasteiger charge is -2.09. The van der Waals surface area contributed by atoms with Gasteiger partial charge in [-0.2, -0.15) is 0 Å². The van der Waals surface area contributed by atoms with Crippen LogP contribution in [0.25, 0.3) is 0 Å².